The number of hydrogen-bond donors (Lipinski definition) is 0. The van der Waals surface area contributed by atoms with Gasteiger partial charge in [0.25, 0.3) is 0 Å². The van der Waals surface area contributed by atoms with E-state index in [2.05, 4.69) is 0 Å². The van der Waals surface area contributed by atoms with Crippen molar-refractivity contribution in [3.63, 3.8) is 0 Å². The van der Waals surface area contributed by atoms with Crippen LogP contribution in [0.25, 0.3) is 0 Å². The van der Waals surface area contributed by atoms with Crippen LogP contribution in [0.15, 0.2) is 78.9 Å². The van der Waals surface area contributed by atoms with Gasteiger partial charge in [-0.3, -0.25) is 4.79 Å². The fourth-order valence-corrected chi connectivity index (χ4v) is 3.23. The molecule has 3 aromatic rings. The number of benzene rings is 3. The lowest BCUT2D eigenvalue weighted by molar-refractivity contribution is 0.0971. The SMILES string of the molecule is CCOc1ccccc1C(C(=O)c1ccccc1)c1ccccc1OCC. The van der Waals surface area contributed by atoms with Gasteiger partial charge in [-0.25, -0.2) is 0 Å². The molecule has 0 N–H and O–H groups in total. The highest BCUT2D eigenvalue weighted by Crippen LogP contribution is 2.38. The van der Waals surface area contributed by atoms with Crippen molar-refractivity contribution in [2.24, 2.45) is 0 Å². The predicted molar refractivity (Wildman–Crippen MR) is 108 cm³/mol. The lowest BCUT2D eigenvalue weighted by Gasteiger charge is -2.22. The van der Waals surface area contributed by atoms with Crippen LogP contribution >= 0.6 is 0 Å². The Bertz CT molecular complexity index is 837. The zero-order valence-corrected chi connectivity index (χ0v) is 15.7. The van der Waals surface area contributed by atoms with Gasteiger partial charge in [0.2, 0.25) is 0 Å². The smallest absolute Gasteiger partial charge is 0.174 e. The summed E-state index contributed by atoms with van der Waals surface area (Å²) in [5.74, 6) is 0.967. The molecule has 0 amide bonds. The number of ether oxygens (including phenoxy) is 2. The minimum absolute atomic E-state index is 0.0231. The van der Waals surface area contributed by atoms with Gasteiger partial charge in [-0.05, 0) is 26.0 Å². The standard InChI is InChI=1S/C24H24O3/c1-3-26-21-16-10-8-14-19(21)23(24(25)18-12-6-5-7-13-18)20-15-9-11-17-22(20)27-4-2/h5-17,23H,3-4H2,1-2H3. The molecule has 0 unspecified atom stereocenters. The van der Waals surface area contributed by atoms with E-state index in [0.717, 1.165) is 22.6 Å². The number of carbonyl (C=O) groups is 1. The van der Waals surface area contributed by atoms with Crippen LogP contribution in [-0.2, 0) is 0 Å². The van der Waals surface area contributed by atoms with E-state index in [0.29, 0.717) is 18.8 Å². The minimum Gasteiger partial charge on any atom is -0.494 e. The van der Waals surface area contributed by atoms with Gasteiger partial charge in [0, 0.05) is 16.7 Å². The molecule has 3 aromatic carbocycles. The van der Waals surface area contributed by atoms with Crippen LogP contribution in [0.2, 0.25) is 0 Å². The number of para-hydroxylation sites is 2. The number of carbonyl (C=O) groups excluding carboxylic acids is 1. The Morgan fingerprint density at radius 1 is 0.704 bits per heavy atom. The first-order valence-corrected chi connectivity index (χ1v) is 9.29. The van der Waals surface area contributed by atoms with Gasteiger partial charge in [-0.15, -0.1) is 0 Å². The maximum Gasteiger partial charge on any atom is 0.174 e. The quantitative estimate of drug-likeness (QED) is 0.498. The van der Waals surface area contributed by atoms with Crippen molar-refractivity contribution in [3.05, 3.63) is 95.6 Å². The first-order valence-electron chi connectivity index (χ1n) is 9.29. The first-order chi connectivity index (χ1) is 13.3. The van der Waals surface area contributed by atoms with Crippen LogP contribution in [0.4, 0.5) is 0 Å². The fraction of sp³-hybridized carbons (Fsp3) is 0.208. The van der Waals surface area contributed by atoms with Crippen LogP contribution in [-0.4, -0.2) is 19.0 Å². The van der Waals surface area contributed by atoms with Crippen molar-refractivity contribution in [2.45, 2.75) is 19.8 Å². The molecule has 0 radical (unpaired) electrons. The van der Waals surface area contributed by atoms with Gasteiger partial charge in [-0.2, -0.15) is 0 Å². The van der Waals surface area contributed by atoms with Gasteiger partial charge >= 0.3 is 0 Å². The summed E-state index contributed by atoms with van der Waals surface area (Å²) in [6, 6.07) is 24.8. The predicted octanol–water partition coefficient (Wildman–Crippen LogP) is 5.50. The Kier molecular flexibility index (Phi) is 6.26. The molecule has 0 heterocycles. The third-order valence-electron chi connectivity index (χ3n) is 4.38. The fourth-order valence-electron chi connectivity index (χ4n) is 3.23. The number of rotatable bonds is 8. The van der Waals surface area contributed by atoms with Crippen LogP contribution in [0.1, 0.15) is 41.3 Å². The molecule has 0 atom stereocenters. The Morgan fingerprint density at radius 3 is 1.63 bits per heavy atom. The molecule has 3 nitrogen and oxygen atoms in total. The highest BCUT2D eigenvalue weighted by molar-refractivity contribution is 6.03. The van der Waals surface area contributed by atoms with Gasteiger partial charge < -0.3 is 9.47 Å². The third kappa shape index (κ3) is 4.20. The normalized spacial score (nSPS) is 10.6. The molecule has 0 aliphatic heterocycles. The molecule has 0 spiro atoms. The van der Waals surface area contributed by atoms with Crippen molar-refractivity contribution in [1.29, 1.82) is 0 Å². The second-order valence-corrected chi connectivity index (χ2v) is 6.10. The van der Waals surface area contributed by atoms with Crippen LogP contribution in [0.3, 0.4) is 0 Å². The minimum atomic E-state index is -0.502. The van der Waals surface area contributed by atoms with Crippen molar-refractivity contribution in [1.82, 2.24) is 0 Å². The average molecular weight is 360 g/mol. The summed E-state index contributed by atoms with van der Waals surface area (Å²) in [5.41, 5.74) is 2.36. The summed E-state index contributed by atoms with van der Waals surface area (Å²) < 4.78 is 11.7. The van der Waals surface area contributed by atoms with Gasteiger partial charge in [0.15, 0.2) is 5.78 Å². The maximum absolute atomic E-state index is 13.5. The topological polar surface area (TPSA) is 35.5 Å². The summed E-state index contributed by atoms with van der Waals surface area (Å²) >= 11 is 0. The van der Waals surface area contributed by atoms with E-state index in [1.54, 1.807) is 0 Å². The third-order valence-corrected chi connectivity index (χ3v) is 4.38. The van der Waals surface area contributed by atoms with E-state index in [4.69, 9.17) is 9.47 Å². The van der Waals surface area contributed by atoms with E-state index in [-0.39, 0.29) is 5.78 Å². The number of hydrogen-bond acceptors (Lipinski definition) is 3. The van der Waals surface area contributed by atoms with Crippen molar-refractivity contribution >= 4 is 5.78 Å². The van der Waals surface area contributed by atoms with Crippen LogP contribution in [0, 0.1) is 0 Å². The molecule has 0 fully saturated rings. The molecule has 0 aliphatic rings. The first kappa shape index (κ1) is 18.7. The van der Waals surface area contributed by atoms with E-state index in [9.17, 15) is 4.79 Å². The molecule has 0 bridgehead atoms. The molecule has 27 heavy (non-hydrogen) atoms. The Morgan fingerprint density at radius 2 is 1.15 bits per heavy atom. The van der Waals surface area contributed by atoms with Crippen molar-refractivity contribution in [2.75, 3.05) is 13.2 Å². The van der Waals surface area contributed by atoms with Gasteiger partial charge in [0.1, 0.15) is 11.5 Å². The van der Waals surface area contributed by atoms with Crippen LogP contribution in [0.5, 0.6) is 11.5 Å². The summed E-state index contributed by atoms with van der Waals surface area (Å²) in [6.07, 6.45) is 0. The Hall–Kier alpha value is -3.07. The molecule has 0 saturated heterocycles. The second-order valence-electron chi connectivity index (χ2n) is 6.10. The molecule has 0 aliphatic carbocycles. The molecular formula is C24H24O3. The molecule has 3 rings (SSSR count). The molecule has 138 valence electrons. The number of Topliss-reactive ketones (excluding diaryl/α,β-unsaturated/α-hetero) is 1. The zero-order valence-electron chi connectivity index (χ0n) is 15.7. The molecule has 0 aromatic heterocycles. The second kappa shape index (κ2) is 9.04. The zero-order chi connectivity index (χ0) is 19.1. The highest BCUT2D eigenvalue weighted by atomic mass is 16.5. The maximum atomic E-state index is 13.5. The lowest BCUT2D eigenvalue weighted by Crippen LogP contribution is -2.17. The Labute approximate surface area is 160 Å². The van der Waals surface area contributed by atoms with E-state index in [1.165, 1.54) is 0 Å². The van der Waals surface area contributed by atoms with E-state index >= 15 is 0 Å². The summed E-state index contributed by atoms with van der Waals surface area (Å²) in [7, 11) is 0. The van der Waals surface area contributed by atoms with E-state index < -0.39 is 5.92 Å². The summed E-state index contributed by atoms with van der Waals surface area (Å²) in [5, 5.41) is 0. The largest absolute Gasteiger partial charge is 0.494 e. The van der Waals surface area contributed by atoms with Gasteiger partial charge in [-0.1, -0.05) is 66.7 Å². The summed E-state index contributed by atoms with van der Waals surface area (Å²) in [6.45, 7) is 4.96. The van der Waals surface area contributed by atoms with Crippen molar-refractivity contribution in [3.8, 4) is 11.5 Å². The average Bonchev–Trinajstić information content (AvgIpc) is 2.72. The molecular weight excluding hydrogens is 336 g/mol. The monoisotopic (exact) mass is 360 g/mol. The number of ketones is 1. The summed E-state index contributed by atoms with van der Waals surface area (Å²) in [4.78, 5) is 13.5. The van der Waals surface area contributed by atoms with Crippen molar-refractivity contribution < 1.29 is 14.3 Å². The molecule has 0 saturated carbocycles. The Balaban J connectivity index is 2.18. The lowest BCUT2D eigenvalue weighted by atomic mass is 9.84. The van der Waals surface area contributed by atoms with E-state index in [1.807, 2.05) is 92.7 Å². The molecule has 3 heteroatoms. The highest BCUT2D eigenvalue weighted by Gasteiger charge is 2.29. The van der Waals surface area contributed by atoms with Gasteiger partial charge in [0.05, 0.1) is 19.1 Å². The van der Waals surface area contributed by atoms with Crippen LogP contribution < -0.4 is 9.47 Å².